The zero-order chi connectivity index (χ0) is 14.8. The van der Waals surface area contributed by atoms with Crippen molar-refractivity contribution in [2.75, 3.05) is 7.05 Å². The van der Waals surface area contributed by atoms with Crippen LogP contribution in [-0.2, 0) is 0 Å². The SMILES string of the molecule is CNC(c1cc(C)nnc1C)c1cccc2ccncc12. The standard InChI is InChI=1S/C17H18N4/c1-11-9-15(12(2)21-20-11)17(18-3)14-6-4-5-13-7-8-19-10-16(13)14/h4-10,17-18H,1-3H3. The van der Waals surface area contributed by atoms with Crippen molar-refractivity contribution in [3.05, 3.63) is 65.2 Å². The van der Waals surface area contributed by atoms with E-state index in [9.17, 15) is 0 Å². The first-order chi connectivity index (χ1) is 10.2. The van der Waals surface area contributed by atoms with Gasteiger partial charge in [-0.15, -0.1) is 0 Å². The van der Waals surface area contributed by atoms with Gasteiger partial charge in [0.25, 0.3) is 0 Å². The van der Waals surface area contributed by atoms with Crippen molar-refractivity contribution in [1.29, 1.82) is 0 Å². The topological polar surface area (TPSA) is 50.7 Å². The van der Waals surface area contributed by atoms with Gasteiger partial charge in [-0.2, -0.15) is 10.2 Å². The number of aryl methyl sites for hydroxylation is 2. The van der Waals surface area contributed by atoms with Crippen LogP contribution in [0.5, 0.6) is 0 Å². The highest BCUT2D eigenvalue weighted by Crippen LogP contribution is 2.29. The lowest BCUT2D eigenvalue weighted by Crippen LogP contribution is -2.20. The molecule has 0 saturated heterocycles. The third-order valence-electron chi connectivity index (χ3n) is 3.77. The lowest BCUT2D eigenvalue weighted by molar-refractivity contribution is 0.680. The van der Waals surface area contributed by atoms with Crippen LogP contribution in [-0.4, -0.2) is 22.2 Å². The van der Waals surface area contributed by atoms with Crippen LogP contribution < -0.4 is 5.32 Å². The Hall–Kier alpha value is -2.33. The van der Waals surface area contributed by atoms with Crippen molar-refractivity contribution in [3.8, 4) is 0 Å². The van der Waals surface area contributed by atoms with Gasteiger partial charge in [0.15, 0.2) is 0 Å². The summed E-state index contributed by atoms with van der Waals surface area (Å²) in [5.74, 6) is 0. The zero-order valence-electron chi connectivity index (χ0n) is 12.5. The van der Waals surface area contributed by atoms with Crippen molar-refractivity contribution >= 4 is 10.8 Å². The molecular formula is C17H18N4. The first kappa shape index (κ1) is 13.6. The fourth-order valence-corrected chi connectivity index (χ4v) is 2.73. The molecule has 4 nitrogen and oxygen atoms in total. The molecule has 4 heteroatoms. The summed E-state index contributed by atoms with van der Waals surface area (Å²) in [5.41, 5.74) is 4.23. The number of hydrogen-bond acceptors (Lipinski definition) is 4. The van der Waals surface area contributed by atoms with E-state index in [1.165, 1.54) is 10.9 Å². The average molecular weight is 278 g/mol. The molecule has 0 amide bonds. The molecule has 0 bridgehead atoms. The number of benzene rings is 1. The molecule has 0 spiro atoms. The maximum absolute atomic E-state index is 4.27. The number of fused-ring (bicyclic) bond motifs is 1. The molecular weight excluding hydrogens is 260 g/mol. The van der Waals surface area contributed by atoms with E-state index in [1.54, 1.807) is 0 Å². The van der Waals surface area contributed by atoms with Crippen LogP contribution in [0.25, 0.3) is 10.8 Å². The number of rotatable bonds is 3. The van der Waals surface area contributed by atoms with E-state index in [1.807, 2.05) is 39.4 Å². The second kappa shape index (κ2) is 5.58. The van der Waals surface area contributed by atoms with Gasteiger partial charge >= 0.3 is 0 Å². The zero-order valence-corrected chi connectivity index (χ0v) is 12.5. The molecule has 0 fully saturated rings. The van der Waals surface area contributed by atoms with Gasteiger partial charge in [0.2, 0.25) is 0 Å². The van der Waals surface area contributed by atoms with Crippen LogP contribution >= 0.6 is 0 Å². The normalized spacial score (nSPS) is 12.5. The van der Waals surface area contributed by atoms with E-state index in [0.717, 1.165) is 22.3 Å². The first-order valence-electron chi connectivity index (χ1n) is 7.01. The molecule has 0 aliphatic rings. The predicted octanol–water partition coefficient (Wildman–Crippen LogP) is 2.95. The molecule has 1 atom stereocenters. The number of aromatic nitrogens is 3. The lowest BCUT2D eigenvalue weighted by Gasteiger charge is -2.20. The van der Waals surface area contributed by atoms with E-state index in [0.29, 0.717) is 0 Å². The Morgan fingerprint density at radius 2 is 1.90 bits per heavy atom. The summed E-state index contributed by atoms with van der Waals surface area (Å²) < 4.78 is 0. The second-order valence-corrected chi connectivity index (χ2v) is 5.19. The van der Waals surface area contributed by atoms with Gasteiger partial charge in [0.1, 0.15) is 0 Å². The summed E-state index contributed by atoms with van der Waals surface area (Å²) in [6, 6.07) is 10.5. The van der Waals surface area contributed by atoms with Gasteiger partial charge < -0.3 is 5.32 Å². The quantitative estimate of drug-likeness (QED) is 0.800. The van der Waals surface area contributed by atoms with Gasteiger partial charge in [-0.05, 0) is 49.5 Å². The Bertz CT molecular complexity index is 777. The largest absolute Gasteiger partial charge is 0.309 e. The summed E-state index contributed by atoms with van der Waals surface area (Å²) in [5, 5.41) is 14.1. The smallest absolute Gasteiger partial charge is 0.0651 e. The minimum Gasteiger partial charge on any atom is -0.309 e. The van der Waals surface area contributed by atoms with Gasteiger partial charge in [0.05, 0.1) is 17.4 Å². The molecule has 0 radical (unpaired) electrons. The molecule has 1 N–H and O–H groups in total. The fourth-order valence-electron chi connectivity index (χ4n) is 2.73. The number of hydrogen-bond donors (Lipinski definition) is 1. The van der Waals surface area contributed by atoms with Gasteiger partial charge in [-0.25, -0.2) is 0 Å². The van der Waals surface area contributed by atoms with E-state index in [4.69, 9.17) is 0 Å². The van der Waals surface area contributed by atoms with Crippen molar-refractivity contribution in [2.45, 2.75) is 19.9 Å². The highest BCUT2D eigenvalue weighted by Gasteiger charge is 2.18. The minimum atomic E-state index is 0.0760. The predicted molar refractivity (Wildman–Crippen MR) is 84.2 cm³/mol. The average Bonchev–Trinajstić information content (AvgIpc) is 2.51. The molecule has 1 aromatic carbocycles. The molecule has 21 heavy (non-hydrogen) atoms. The van der Waals surface area contributed by atoms with Crippen LogP contribution in [0.4, 0.5) is 0 Å². The van der Waals surface area contributed by atoms with Crippen molar-refractivity contribution in [3.63, 3.8) is 0 Å². The summed E-state index contributed by atoms with van der Waals surface area (Å²) in [6.45, 7) is 3.96. The van der Waals surface area contributed by atoms with E-state index in [2.05, 4.69) is 44.8 Å². The van der Waals surface area contributed by atoms with Crippen LogP contribution in [0.15, 0.2) is 42.7 Å². The third-order valence-corrected chi connectivity index (χ3v) is 3.77. The maximum atomic E-state index is 4.27. The fraction of sp³-hybridized carbons (Fsp3) is 0.235. The van der Waals surface area contributed by atoms with Crippen molar-refractivity contribution in [2.24, 2.45) is 0 Å². The molecule has 2 heterocycles. The van der Waals surface area contributed by atoms with Crippen LogP contribution in [0, 0.1) is 13.8 Å². The molecule has 0 saturated carbocycles. The van der Waals surface area contributed by atoms with Gasteiger partial charge in [0, 0.05) is 17.8 Å². The molecule has 1 unspecified atom stereocenters. The second-order valence-electron chi connectivity index (χ2n) is 5.19. The molecule has 3 aromatic rings. The lowest BCUT2D eigenvalue weighted by atomic mass is 9.94. The van der Waals surface area contributed by atoms with E-state index in [-0.39, 0.29) is 6.04 Å². The summed E-state index contributed by atoms with van der Waals surface area (Å²) in [4.78, 5) is 4.27. The molecule has 0 aliphatic carbocycles. The van der Waals surface area contributed by atoms with E-state index < -0.39 is 0 Å². The Labute approximate surface area is 124 Å². The molecule has 3 rings (SSSR count). The number of nitrogens with zero attached hydrogens (tertiary/aromatic N) is 3. The highest BCUT2D eigenvalue weighted by atomic mass is 15.1. The molecule has 0 aliphatic heterocycles. The Balaban J connectivity index is 2.21. The Morgan fingerprint density at radius 1 is 1.05 bits per heavy atom. The first-order valence-corrected chi connectivity index (χ1v) is 7.01. The summed E-state index contributed by atoms with van der Waals surface area (Å²) in [7, 11) is 1.97. The number of pyridine rings is 1. The van der Waals surface area contributed by atoms with Crippen molar-refractivity contribution < 1.29 is 0 Å². The van der Waals surface area contributed by atoms with Crippen LogP contribution in [0.3, 0.4) is 0 Å². The molecule has 2 aromatic heterocycles. The monoisotopic (exact) mass is 278 g/mol. The van der Waals surface area contributed by atoms with Gasteiger partial charge in [-0.1, -0.05) is 18.2 Å². The molecule has 106 valence electrons. The summed E-state index contributed by atoms with van der Waals surface area (Å²) >= 11 is 0. The van der Waals surface area contributed by atoms with Crippen LogP contribution in [0.2, 0.25) is 0 Å². The Kier molecular flexibility index (Phi) is 3.62. The summed E-state index contributed by atoms with van der Waals surface area (Å²) in [6.07, 6.45) is 3.75. The maximum Gasteiger partial charge on any atom is 0.0651 e. The van der Waals surface area contributed by atoms with Crippen molar-refractivity contribution in [1.82, 2.24) is 20.5 Å². The Morgan fingerprint density at radius 3 is 2.71 bits per heavy atom. The number of nitrogens with one attached hydrogen (secondary N) is 1. The van der Waals surface area contributed by atoms with E-state index >= 15 is 0 Å². The highest BCUT2D eigenvalue weighted by molar-refractivity contribution is 5.85. The minimum absolute atomic E-state index is 0.0760. The van der Waals surface area contributed by atoms with Crippen LogP contribution in [0.1, 0.15) is 28.6 Å². The van der Waals surface area contributed by atoms with Gasteiger partial charge in [-0.3, -0.25) is 4.98 Å². The third kappa shape index (κ3) is 2.50.